The Morgan fingerprint density at radius 3 is 2.50 bits per heavy atom. The summed E-state index contributed by atoms with van der Waals surface area (Å²) in [5, 5.41) is 12.0. The third kappa shape index (κ3) is 3.33. The van der Waals surface area contributed by atoms with Crippen LogP contribution < -0.4 is 11.1 Å². The van der Waals surface area contributed by atoms with E-state index in [0.29, 0.717) is 4.47 Å². The second-order valence-corrected chi connectivity index (χ2v) is 5.29. The van der Waals surface area contributed by atoms with Crippen molar-refractivity contribution in [2.75, 3.05) is 5.32 Å². The van der Waals surface area contributed by atoms with Crippen LogP contribution in [0, 0.1) is 0 Å². The summed E-state index contributed by atoms with van der Waals surface area (Å²) in [4.78, 5) is 11.0. The standard InChI is InChI=1S/C14H10BrF3N2O2/c15-7-4-5-11(21)8(6-7)12-9(14(16,17)18)2-1-3-10(12)20-13(19)22/h1-6,21H,(H3,19,20,22). The zero-order valence-electron chi connectivity index (χ0n) is 10.9. The molecular weight excluding hydrogens is 365 g/mol. The lowest BCUT2D eigenvalue weighted by atomic mass is 9.96. The Hall–Kier alpha value is -2.22. The number of rotatable bonds is 2. The molecule has 2 aromatic carbocycles. The molecule has 0 radical (unpaired) electrons. The lowest BCUT2D eigenvalue weighted by molar-refractivity contribution is -0.137. The van der Waals surface area contributed by atoms with E-state index >= 15 is 0 Å². The molecule has 0 bridgehead atoms. The van der Waals surface area contributed by atoms with Crippen LogP contribution in [-0.2, 0) is 6.18 Å². The number of primary amides is 1. The van der Waals surface area contributed by atoms with Crippen molar-refractivity contribution in [2.24, 2.45) is 5.73 Å². The average molecular weight is 375 g/mol. The molecule has 0 fully saturated rings. The number of phenolic OH excluding ortho intramolecular Hbond substituents is 1. The minimum Gasteiger partial charge on any atom is -0.507 e. The van der Waals surface area contributed by atoms with Crippen LogP contribution in [0.15, 0.2) is 40.9 Å². The molecule has 2 amide bonds. The van der Waals surface area contributed by atoms with Gasteiger partial charge in [-0.05, 0) is 30.3 Å². The molecule has 0 aliphatic rings. The Balaban J connectivity index is 2.80. The molecule has 0 heterocycles. The van der Waals surface area contributed by atoms with E-state index in [-0.39, 0.29) is 22.6 Å². The van der Waals surface area contributed by atoms with Crippen LogP contribution in [0.4, 0.5) is 23.7 Å². The maximum atomic E-state index is 13.2. The number of carbonyl (C=O) groups excluding carboxylic acids is 1. The molecule has 2 rings (SSSR count). The highest BCUT2D eigenvalue weighted by Crippen LogP contribution is 2.44. The molecular formula is C14H10BrF3N2O2. The van der Waals surface area contributed by atoms with Crippen LogP contribution in [0.5, 0.6) is 5.75 Å². The molecule has 22 heavy (non-hydrogen) atoms. The second-order valence-electron chi connectivity index (χ2n) is 4.38. The van der Waals surface area contributed by atoms with Gasteiger partial charge >= 0.3 is 12.2 Å². The SMILES string of the molecule is NC(=O)Nc1cccc(C(F)(F)F)c1-c1cc(Br)ccc1O. The van der Waals surface area contributed by atoms with Gasteiger partial charge in [0.05, 0.1) is 11.3 Å². The van der Waals surface area contributed by atoms with Crippen molar-refractivity contribution >= 4 is 27.6 Å². The fourth-order valence-electron chi connectivity index (χ4n) is 2.02. The molecule has 0 saturated carbocycles. The molecule has 0 aliphatic carbocycles. The number of alkyl halides is 3. The van der Waals surface area contributed by atoms with E-state index in [9.17, 15) is 23.1 Å². The van der Waals surface area contributed by atoms with Crippen LogP contribution in [0.25, 0.3) is 11.1 Å². The number of amides is 2. The fraction of sp³-hybridized carbons (Fsp3) is 0.0714. The topological polar surface area (TPSA) is 75.4 Å². The lowest BCUT2D eigenvalue weighted by Gasteiger charge is -2.18. The minimum absolute atomic E-state index is 0.0777. The third-order valence-electron chi connectivity index (χ3n) is 2.86. The van der Waals surface area contributed by atoms with Gasteiger partial charge < -0.3 is 16.2 Å². The van der Waals surface area contributed by atoms with Crippen molar-refractivity contribution in [3.05, 3.63) is 46.4 Å². The van der Waals surface area contributed by atoms with Gasteiger partial charge in [-0.2, -0.15) is 13.2 Å². The highest BCUT2D eigenvalue weighted by atomic mass is 79.9. The van der Waals surface area contributed by atoms with Crippen molar-refractivity contribution < 1.29 is 23.1 Å². The number of urea groups is 1. The number of phenols is 1. The molecule has 0 aliphatic heterocycles. The van der Waals surface area contributed by atoms with Gasteiger partial charge in [0.15, 0.2) is 0 Å². The first-order valence-corrected chi connectivity index (χ1v) is 6.75. The van der Waals surface area contributed by atoms with Crippen LogP contribution in [0.3, 0.4) is 0 Å². The number of nitrogens with one attached hydrogen (secondary N) is 1. The van der Waals surface area contributed by atoms with E-state index in [1.807, 2.05) is 0 Å². The summed E-state index contributed by atoms with van der Waals surface area (Å²) in [6, 6.07) is 6.34. The number of hydrogen-bond donors (Lipinski definition) is 3. The minimum atomic E-state index is -4.67. The summed E-state index contributed by atoms with van der Waals surface area (Å²) < 4.78 is 40.2. The van der Waals surface area contributed by atoms with E-state index in [0.717, 1.165) is 12.1 Å². The van der Waals surface area contributed by atoms with Crippen molar-refractivity contribution in [3.8, 4) is 16.9 Å². The molecule has 8 heteroatoms. The van der Waals surface area contributed by atoms with Gasteiger partial charge in [0, 0.05) is 15.6 Å². The predicted molar refractivity (Wildman–Crippen MR) is 79.5 cm³/mol. The number of carbonyl (C=O) groups is 1. The summed E-state index contributed by atoms with van der Waals surface area (Å²) in [7, 11) is 0. The zero-order chi connectivity index (χ0) is 16.5. The molecule has 0 spiro atoms. The third-order valence-corrected chi connectivity index (χ3v) is 3.35. The number of anilines is 1. The van der Waals surface area contributed by atoms with E-state index in [1.54, 1.807) is 0 Å². The summed E-state index contributed by atoms with van der Waals surface area (Å²) in [6.45, 7) is 0. The van der Waals surface area contributed by atoms with E-state index in [1.165, 1.54) is 24.3 Å². The van der Waals surface area contributed by atoms with Crippen molar-refractivity contribution in [1.82, 2.24) is 0 Å². The zero-order valence-corrected chi connectivity index (χ0v) is 12.5. The van der Waals surface area contributed by atoms with E-state index < -0.39 is 17.8 Å². The van der Waals surface area contributed by atoms with Gasteiger partial charge in [0.2, 0.25) is 0 Å². The highest BCUT2D eigenvalue weighted by molar-refractivity contribution is 9.10. The first-order chi connectivity index (χ1) is 10.2. The number of nitrogens with two attached hydrogens (primary N) is 1. The second kappa shape index (κ2) is 5.88. The van der Waals surface area contributed by atoms with Crippen LogP contribution >= 0.6 is 15.9 Å². The van der Waals surface area contributed by atoms with Gasteiger partial charge in [-0.15, -0.1) is 0 Å². The van der Waals surface area contributed by atoms with Crippen molar-refractivity contribution in [3.63, 3.8) is 0 Å². The number of hydrogen-bond acceptors (Lipinski definition) is 2. The molecule has 0 saturated heterocycles. The monoisotopic (exact) mass is 374 g/mol. The van der Waals surface area contributed by atoms with E-state index in [4.69, 9.17) is 5.73 Å². The van der Waals surface area contributed by atoms with Crippen LogP contribution in [0.2, 0.25) is 0 Å². The normalized spacial score (nSPS) is 11.3. The summed E-state index contributed by atoms with van der Waals surface area (Å²) in [5.74, 6) is -0.354. The number of halogens is 4. The van der Waals surface area contributed by atoms with Crippen LogP contribution in [0.1, 0.15) is 5.56 Å². The smallest absolute Gasteiger partial charge is 0.417 e. The quantitative estimate of drug-likeness (QED) is 0.731. The summed E-state index contributed by atoms with van der Waals surface area (Å²) >= 11 is 3.14. The van der Waals surface area contributed by atoms with Crippen molar-refractivity contribution in [1.29, 1.82) is 0 Å². The van der Waals surface area contributed by atoms with Gasteiger partial charge in [0.1, 0.15) is 5.75 Å². The molecule has 116 valence electrons. The van der Waals surface area contributed by atoms with Gasteiger partial charge in [-0.3, -0.25) is 0 Å². The maximum absolute atomic E-state index is 13.2. The van der Waals surface area contributed by atoms with Crippen LogP contribution in [-0.4, -0.2) is 11.1 Å². The van der Waals surface area contributed by atoms with Gasteiger partial charge in [0.25, 0.3) is 0 Å². The highest BCUT2D eigenvalue weighted by Gasteiger charge is 2.35. The Morgan fingerprint density at radius 1 is 1.23 bits per heavy atom. The molecule has 2 aromatic rings. The Morgan fingerprint density at radius 2 is 1.91 bits per heavy atom. The molecule has 0 atom stereocenters. The largest absolute Gasteiger partial charge is 0.507 e. The number of aromatic hydroxyl groups is 1. The maximum Gasteiger partial charge on any atom is 0.417 e. The molecule has 4 nitrogen and oxygen atoms in total. The molecule has 0 unspecified atom stereocenters. The fourth-order valence-corrected chi connectivity index (χ4v) is 2.39. The molecule has 0 aromatic heterocycles. The number of benzene rings is 2. The first kappa shape index (κ1) is 16.2. The Kier molecular flexibility index (Phi) is 4.32. The lowest BCUT2D eigenvalue weighted by Crippen LogP contribution is -2.20. The summed E-state index contributed by atoms with van der Waals surface area (Å²) in [6.07, 6.45) is -4.67. The molecule has 4 N–H and O–H groups in total. The van der Waals surface area contributed by atoms with Gasteiger partial charge in [-0.25, -0.2) is 4.79 Å². The first-order valence-electron chi connectivity index (χ1n) is 5.95. The van der Waals surface area contributed by atoms with E-state index in [2.05, 4.69) is 21.2 Å². The van der Waals surface area contributed by atoms with Gasteiger partial charge in [-0.1, -0.05) is 22.0 Å². The predicted octanol–water partition coefficient (Wildman–Crippen LogP) is 4.33. The Labute approximate surface area is 131 Å². The van der Waals surface area contributed by atoms with Crippen molar-refractivity contribution in [2.45, 2.75) is 6.18 Å². The Bertz CT molecular complexity index is 733. The average Bonchev–Trinajstić information content (AvgIpc) is 2.40. The summed E-state index contributed by atoms with van der Waals surface area (Å²) in [5.41, 5.74) is 3.43.